The lowest BCUT2D eigenvalue weighted by atomic mass is 9.73. The van der Waals surface area contributed by atoms with Gasteiger partial charge in [-0.25, -0.2) is 0 Å². The fraction of sp³-hybridized carbons (Fsp3) is 0.714. The number of nitrogens with zero attached hydrogens (tertiary/aromatic N) is 1. The Kier molecular flexibility index (Phi) is 3.24. The fourth-order valence-corrected chi connectivity index (χ4v) is 3.15. The second-order valence-corrected chi connectivity index (χ2v) is 5.34. The molecule has 1 saturated carbocycles. The minimum Gasteiger partial charge on any atom is -0.278 e. The molecule has 3 nitrogen and oxygen atoms in total. The SMILES string of the molecule is C#CCC(C)N1C(=O)CC2(CCCCC2)C1=O. The van der Waals surface area contributed by atoms with Crippen molar-refractivity contribution >= 4 is 11.8 Å². The molecule has 1 spiro atoms. The summed E-state index contributed by atoms with van der Waals surface area (Å²) >= 11 is 0. The molecule has 1 heterocycles. The van der Waals surface area contributed by atoms with E-state index in [4.69, 9.17) is 6.42 Å². The lowest BCUT2D eigenvalue weighted by molar-refractivity contribution is -0.144. The third-order valence-corrected chi connectivity index (χ3v) is 4.10. The van der Waals surface area contributed by atoms with Gasteiger partial charge in [0, 0.05) is 18.9 Å². The molecule has 2 amide bonds. The first-order valence-electron chi connectivity index (χ1n) is 6.41. The number of amides is 2. The van der Waals surface area contributed by atoms with Gasteiger partial charge in [0.1, 0.15) is 0 Å². The predicted octanol–water partition coefficient (Wildman–Crippen LogP) is 2.11. The molecule has 1 unspecified atom stereocenters. The van der Waals surface area contributed by atoms with E-state index in [1.54, 1.807) is 0 Å². The van der Waals surface area contributed by atoms with Crippen LogP contribution in [0.2, 0.25) is 0 Å². The molecule has 2 rings (SSSR count). The summed E-state index contributed by atoms with van der Waals surface area (Å²) in [5.74, 6) is 2.53. The van der Waals surface area contributed by atoms with Crippen LogP contribution >= 0.6 is 0 Å². The molecular weight excluding hydrogens is 214 g/mol. The molecule has 2 fully saturated rings. The topological polar surface area (TPSA) is 37.4 Å². The van der Waals surface area contributed by atoms with E-state index < -0.39 is 0 Å². The molecule has 0 bridgehead atoms. The van der Waals surface area contributed by atoms with E-state index in [9.17, 15) is 9.59 Å². The molecule has 92 valence electrons. The Morgan fingerprint density at radius 3 is 2.59 bits per heavy atom. The normalized spacial score (nSPS) is 25.1. The Balaban J connectivity index is 2.19. The third kappa shape index (κ3) is 1.97. The van der Waals surface area contributed by atoms with E-state index in [2.05, 4.69) is 5.92 Å². The minimum atomic E-state index is -0.377. The summed E-state index contributed by atoms with van der Waals surface area (Å²) in [5, 5.41) is 0. The van der Waals surface area contributed by atoms with Crippen LogP contribution in [0.15, 0.2) is 0 Å². The Hall–Kier alpha value is -1.30. The Bertz CT molecular complexity index is 374. The first kappa shape index (κ1) is 12.2. The van der Waals surface area contributed by atoms with Gasteiger partial charge in [-0.05, 0) is 19.8 Å². The van der Waals surface area contributed by atoms with Crippen molar-refractivity contribution in [1.29, 1.82) is 0 Å². The standard InChI is InChI=1S/C14H19NO2/c1-3-7-11(2)15-12(16)10-14(13(15)17)8-5-4-6-9-14/h1,11H,4-10H2,2H3. The first-order valence-corrected chi connectivity index (χ1v) is 6.41. The number of hydrogen-bond acceptors (Lipinski definition) is 2. The van der Waals surface area contributed by atoms with Crippen LogP contribution in [-0.4, -0.2) is 22.8 Å². The molecule has 0 radical (unpaired) electrons. The van der Waals surface area contributed by atoms with E-state index >= 15 is 0 Å². The van der Waals surface area contributed by atoms with E-state index in [-0.39, 0.29) is 23.3 Å². The van der Waals surface area contributed by atoms with Crippen LogP contribution in [0, 0.1) is 17.8 Å². The van der Waals surface area contributed by atoms with Gasteiger partial charge in [0.05, 0.1) is 5.41 Å². The number of rotatable bonds is 2. The highest BCUT2D eigenvalue weighted by Gasteiger charge is 2.52. The maximum Gasteiger partial charge on any atom is 0.236 e. The monoisotopic (exact) mass is 233 g/mol. The van der Waals surface area contributed by atoms with Crippen molar-refractivity contribution in [3.63, 3.8) is 0 Å². The summed E-state index contributed by atoms with van der Waals surface area (Å²) in [6, 6.07) is -0.152. The van der Waals surface area contributed by atoms with Crippen LogP contribution in [0.4, 0.5) is 0 Å². The molecule has 0 aromatic heterocycles. The van der Waals surface area contributed by atoms with Gasteiger partial charge in [0.25, 0.3) is 0 Å². The molecule has 2 aliphatic rings. The average molecular weight is 233 g/mol. The summed E-state index contributed by atoms with van der Waals surface area (Å²) in [6.45, 7) is 1.86. The summed E-state index contributed by atoms with van der Waals surface area (Å²) in [7, 11) is 0. The van der Waals surface area contributed by atoms with Gasteiger partial charge in [-0.3, -0.25) is 14.5 Å². The number of carbonyl (C=O) groups excluding carboxylic acids is 2. The van der Waals surface area contributed by atoms with Crippen molar-refractivity contribution in [3.05, 3.63) is 0 Å². The largest absolute Gasteiger partial charge is 0.278 e. The van der Waals surface area contributed by atoms with Gasteiger partial charge in [0.15, 0.2) is 0 Å². The summed E-state index contributed by atoms with van der Waals surface area (Å²) in [6.07, 6.45) is 11.2. The summed E-state index contributed by atoms with van der Waals surface area (Å²) in [5.41, 5.74) is -0.377. The fourth-order valence-electron chi connectivity index (χ4n) is 3.15. The van der Waals surface area contributed by atoms with Crippen LogP contribution in [0.25, 0.3) is 0 Å². The first-order chi connectivity index (χ1) is 8.10. The van der Waals surface area contributed by atoms with Crippen LogP contribution in [0.1, 0.15) is 51.9 Å². The zero-order valence-electron chi connectivity index (χ0n) is 10.4. The highest BCUT2D eigenvalue weighted by atomic mass is 16.2. The van der Waals surface area contributed by atoms with Gasteiger partial charge in [-0.1, -0.05) is 19.3 Å². The van der Waals surface area contributed by atoms with Crippen molar-refractivity contribution in [1.82, 2.24) is 4.90 Å². The molecule has 0 N–H and O–H groups in total. The van der Waals surface area contributed by atoms with Crippen LogP contribution in [0.5, 0.6) is 0 Å². The average Bonchev–Trinajstić information content (AvgIpc) is 2.52. The van der Waals surface area contributed by atoms with Gasteiger partial charge in [-0.15, -0.1) is 12.3 Å². The number of terminal acetylenes is 1. The molecule has 17 heavy (non-hydrogen) atoms. The van der Waals surface area contributed by atoms with Crippen molar-refractivity contribution < 1.29 is 9.59 Å². The highest BCUT2D eigenvalue weighted by Crippen LogP contribution is 2.45. The molecule has 0 aromatic carbocycles. The van der Waals surface area contributed by atoms with E-state index in [1.165, 1.54) is 11.3 Å². The molecule has 0 aromatic rings. The molecule has 1 atom stereocenters. The summed E-state index contributed by atoms with van der Waals surface area (Å²) < 4.78 is 0. The van der Waals surface area contributed by atoms with Crippen molar-refractivity contribution in [2.24, 2.45) is 5.41 Å². The third-order valence-electron chi connectivity index (χ3n) is 4.10. The lowest BCUT2D eigenvalue weighted by Gasteiger charge is -2.31. The molecule has 1 saturated heterocycles. The number of hydrogen-bond donors (Lipinski definition) is 0. The van der Waals surface area contributed by atoms with Crippen molar-refractivity contribution in [2.45, 2.75) is 57.9 Å². The smallest absolute Gasteiger partial charge is 0.236 e. The second-order valence-electron chi connectivity index (χ2n) is 5.34. The second kappa shape index (κ2) is 4.52. The van der Waals surface area contributed by atoms with Crippen molar-refractivity contribution in [2.75, 3.05) is 0 Å². The zero-order valence-corrected chi connectivity index (χ0v) is 10.4. The van der Waals surface area contributed by atoms with Crippen LogP contribution in [-0.2, 0) is 9.59 Å². The number of carbonyl (C=O) groups is 2. The Labute approximate surface area is 103 Å². The Morgan fingerprint density at radius 2 is 2.00 bits per heavy atom. The summed E-state index contributed by atoms with van der Waals surface area (Å²) in [4.78, 5) is 25.9. The highest BCUT2D eigenvalue weighted by molar-refractivity contribution is 6.06. The van der Waals surface area contributed by atoms with E-state index in [1.807, 2.05) is 6.92 Å². The molecule has 1 aliphatic carbocycles. The molecule has 1 aliphatic heterocycles. The lowest BCUT2D eigenvalue weighted by Crippen LogP contribution is -2.41. The zero-order chi connectivity index (χ0) is 12.5. The predicted molar refractivity (Wildman–Crippen MR) is 64.9 cm³/mol. The van der Waals surface area contributed by atoms with E-state index in [0.717, 1.165) is 25.7 Å². The Morgan fingerprint density at radius 1 is 1.35 bits per heavy atom. The number of imide groups is 1. The van der Waals surface area contributed by atoms with Gasteiger partial charge < -0.3 is 0 Å². The van der Waals surface area contributed by atoms with Crippen LogP contribution < -0.4 is 0 Å². The molecule has 3 heteroatoms. The maximum absolute atomic E-state index is 12.4. The quantitative estimate of drug-likeness (QED) is 0.541. The van der Waals surface area contributed by atoms with Crippen LogP contribution in [0.3, 0.4) is 0 Å². The molecular formula is C14H19NO2. The van der Waals surface area contributed by atoms with E-state index in [0.29, 0.717) is 12.8 Å². The number of likely N-dealkylation sites (tertiary alicyclic amines) is 1. The van der Waals surface area contributed by atoms with Gasteiger partial charge in [-0.2, -0.15) is 0 Å². The van der Waals surface area contributed by atoms with Gasteiger partial charge >= 0.3 is 0 Å². The van der Waals surface area contributed by atoms with Crippen molar-refractivity contribution in [3.8, 4) is 12.3 Å². The van der Waals surface area contributed by atoms with Gasteiger partial charge in [0.2, 0.25) is 11.8 Å². The minimum absolute atomic E-state index is 0.0281. The maximum atomic E-state index is 12.4.